The molecule has 3 N–H and O–H groups in total. The monoisotopic (exact) mass is 449 g/mol. The Balaban J connectivity index is 0.000000222. The van der Waals surface area contributed by atoms with Gasteiger partial charge in [0, 0.05) is 16.7 Å². The number of nitrogens with one attached hydrogen (secondary N) is 1. The maximum atomic E-state index is 10.2. The number of carbonyl (C=O) groups is 1. The van der Waals surface area contributed by atoms with E-state index in [9.17, 15) is 4.79 Å². The average Bonchev–Trinajstić information content (AvgIpc) is 3.37. The zero-order chi connectivity index (χ0) is 22.8. The number of carboxylic acid groups (broad SMARTS) is 1. The lowest BCUT2D eigenvalue weighted by Gasteiger charge is -2.19. The maximum Gasteiger partial charge on any atom is 0.337 e. The molecule has 0 aliphatic carbocycles. The van der Waals surface area contributed by atoms with Crippen LogP contribution in [0.4, 0.5) is 0 Å². The third-order valence-electron chi connectivity index (χ3n) is 4.89. The Hall–Kier alpha value is -3.19. The van der Waals surface area contributed by atoms with Crippen LogP contribution in [0.25, 0.3) is 10.8 Å². The van der Waals surface area contributed by atoms with E-state index in [0.29, 0.717) is 5.56 Å². The molecule has 166 valence electrons. The molecule has 4 rings (SSSR count). The van der Waals surface area contributed by atoms with Gasteiger partial charge in [-0.25, -0.2) is 4.79 Å². The Morgan fingerprint density at radius 1 is 0.969 bits per heavy atom. The summed E-state index contributed by atoms with van der Waals surface area (Å²) in [5, 5.41) is 25.1. The summed E-state index contributed by atoms with van der Waals surface area (Å²) in [6.07, 6.45) is -0.347. The molecule has 0 saturated carbocycles. The molecule has 0 aliphatic rings. The first-order valence-corrected chi connectivity index (χ1v) is 11.3. The topological polar surface area (TPSA) is 78.8 Å². The van der Waals surface area contributed by atoms with Crippen molar-refractivity contribution >= 4 is 28.1 Å². The molecule has 0 fully saturated rings. The predicted molar refractivity (Wildman–Crippen MR) is 129 cm³/mol. The number of rotatable bonds is 8. The molecule has 0 aliphatic heterocycles. The highest BCUT2D eigenvalue weighted by Crippen LogP contribution is 2.32. The third kappa shape index (κ3) is 6.40. The quantitative estimate of drug-likeness (QED) is 0.334. The number of aliphatic hydroxyl groups excluding tert-OH is 1. The number of aliphatic hydroxyl groups is 1. The molecule has 0 saturated heterocycles. The largest absolute Gasteiger partial charge is 0.484 e. The lowest BCUT2D eigenvalue weighted by molar-refractivity contribution is -0.146. The fourth-order valence-corrected chi connectivity index (χ4v) is 4.03. The molecular weight excluding hydrogens is 422 g/mol. The molecule has 0 amide bonds. The minimum absolute atomic E-state index is 0.100. The number of thiophene rings is 1. The van der Waals surface area contributed by atoms with Crippen LogP contribution in [0.2, 0.25) is 0 Å². The summed E-state index contributed by atoms with van der Waals surface area (Å²) < 4.78 is 6.34. The fourth-order valence-electron chi connectivity index (χ4n) is 3.24. The van der Waals surface area contributed by atoms with E-state index in [-0.39, 0.29) is 6.10 Å². The van der Waals surface area contributed by atoms with E-state index in [1.807, 2.05) is 7.05 Å². The van der Waals surface area contributed by atoms with Crippen LogP contribution < -0.4 is 10.1 Å². The molecule has 3 aromatic carbocycles. The van der Waals surface area contributed by atoms with Crippen LogP contribution >= 0.6 is 11.3 Å². The van der Waals surface area contributed by atoms with Crippen LogP contribution in [-0.4, -0.2) is 29.8 Å². The van der Waals surface area contributed by atoms with Crippen LogP contribution in [0.1, 0.15) is 29.1 Å². The van der Waals surface area contributed by atoms with Gasteiger partial charge in [-0.05, 0) is 42.1 Å². The average molecular weight is 450 g/mol. The van der Waals surface area contributed by atoms with Gasteiger partial charge in [0.15, 0.2) is 6.10 Å². The summed E-state index contributed by atoms with van der Waals surface area (Å²) in [7, 11) is 1.98. The predicted octanol–water partition coefficient (Wildman–Crippen LogP) is 5.44. The van der Waals surface area contributed by atoms with Gasteiger partial charge in [0.2, 0.25) is 0 Å². The van der Waals surface area contributed by atoms with Crippen molar-refractivity contribution in [3.63, 3.8) is 0 Å². The molecule has 2 unspecified atom stereocenters. The van der Waals surface area contributed by atoms with Gasteiger partial charge in [0.1, 0.15) is 11.9 Å². The number of hydrogen-bond acceptors (Lipinski definition) is 5. The normalized spacial score (nSPS) is 12.4. The molecule has 1 heterocycles. The minimum Gasteiger partial charge on any atom is -0.484 e. The number of carboxylic acids is 1. The summed E-state index contributed by atoms with van der Waals surface area (Å²) in [6, 6.07) is 27.1. The van der Waals surface area contributed by atoms with Gasteiger partial charge in [-0.2, -0.15) is 0 Å². The lowest BCUT2D eigenvalue weighted by atomic mass is 10.1. The highest BCUT2D eigenvalue weighted by atomic mass is 32.1. The smallest absolute Gasteiger partial charge is 0.337 e. The van der Waals surface area contributed by atoms with Gasteiger partial charge in [-0.1, -0.05) is 72.8 Å². The van der Waals surface area contributed by atoms with Crippen molar-refractivity contribution in [2.75, 3.05) is 13.6 Å². The highest BCUT2D eigenvalue weighted by Gasteiger charge is 2.15. The highest BCUT2D eigenvalue weighted by molar-refractivity contribution is 7.10. The Bertz CT molecular complexity index is 1090. The van der Waals surface area contributed by atoms with Crippen molar-refractivity contribution in [1.29, 1.82) is 0 Å². The van der Waals surface area contributed by atoms with E-state index in [0.717, 1.165) is 18.7 Å². The SMILES string of the molecule is CNCCC(Oc1cccc2ccccc12)c1cccs1.O=C(O)C(O)c1ccccc1. The number of fused-ring (bicyclic) bond motifs is 1. The second-order valence-electron chi connectivity index (χ2n) is 7.14. The van der Waals surface area contributed by atoms with Crippen molar-refractivity contribution in [2.45, 2.75) is 18.6 Å². The molecule has 6 heteroatoms. The van der Waals surface area contributed by atoms with Gasteiger partial charge >= 0.3 is 5.97 Å². The standard InChI is InChI=1S/C18H19NOS.C8H8O3/c1-19-12-11-17(18-10-5-13-21-18)20-16-9-4-7-14-6-2-3-8-15(14)16;9-7(8(10)11)6-4-2-1-3-5-6/h2-10,13,17,19H,11-12H2,1H3;1-5,7,9H,(H,10,11). The van der Waals surface area contributed by atoms with E-state index in [1.54, 1.807) is 41.7 Å². The van der Waals surface area contributed by atoms with Gasteiger partial charge < -0.3 is 20.3 Å². The second-order valence-corrected chi connectivity index (χ2v) is 8.12. The van der Waals surface area contributed by atoms with E-state index in [2.05, 4.69) is 65.3 Å². The van der Waals surface area contributed by atoms with Gasteiger partial charge in [-0.15, -0.1) is 11.3 Å². The van der Waals surface area contributed by atoms with E-state index < -0.39 is 12.1 Å². The Kier molecular flexibility index (Phi) is 8.80. The van der Waals surface area contributed by atoms with E-state index >= 15 is 0 Å². The van der Waals surface area contributed by atoms with Crippen molar-refractivity contribution in [3.8, 4) is 5.75 Å². The van der Waals surface area contributed by atoms with E-state index in [1.165, 1.54) is 15.6 Å². The number of benzene rings is 3. The molecule has 0 bridgehead atoms. The number of aliphatic carboxylic acids is 1. The molecule has 0 spiro atoms. The van der Waals surface area contributed by atoms with Crippen molar-refractivity contribution in [1.82, 2.24) is 5.32 Å². The Morgan fingerprint density at radius 3 is 2.38 bits per heavy atom. The Labute approximate surface area is 191 Å². The minimum atomic E-state index is -1.41. The third-order valence-corrected chi connectivity index (χ3v) is 5.85. The van der Waals surface area contributed by atoms with Crippen molar-refractivity contribution in [3.05, 3.63) is 101 Å². The summed E-state index contributed by atoms with van der Waals surface area (Å²) in [4.78, 5) is 11.5. The molecule has 1 aromatic heterocycles. The van der Waals surface area contributed by atoms with Crippen LogP contribution in [0.5, 0.6) is 5.75 Å². The maximum absolute atomic E-state index is 10.2. The summed E-state index contributed by atoms with van der Waals surface area (Å²) in [6.45, 7) is 0.938. The number of hydrogen-bond donors (Lipinski definition) is 3. The summed E-state index contributed by atoms with van der Waals surface area (Å²) >= 11 is 1.75. The summed E-state index contributed by atoms with van der Waals surface area (Å²) in [5.74, 6) is -0.265. The first kappa shape index (κ1) is 23.5. The summed E-state index contributed by atoms with van der Waals surface area (Å²) in [5.41, 5.74) is 0.403. The van der Waals surface area contributed by atoms with Gasteiger partial charge in [0.25, 0.3) is 0 Å². The number of ether oxygens (including phenoxy) is 1. The van der Waals surface area contributed by atoms with E-state index in [4.69, 9.17) is 14.9 Å². The Morgan fingerprint density at radius 2 is 1.69 bits per heavy atom. The van der Waals surface area contributed by atoms with Crippen LogP contribution in [-0.2, 0) is 4.79 Å². The van der Waals surface area contributed by atoms with Crippen LogP contribution in [0.3, 0.4) is 0 Å². The molecular formula is C26H27NO4S. The first-order valence-electron chi connectivity index (χ1n) is 10.4. The van der Waals surface area contributed by atoms with Gasteiger partial charge in [-0.3, -0.25) is 0 Å². The molecule has 4 aromatic rings. The second kappa shape index (κ2) is 12.0. The molecule has 2 atom stereocenters. The molecule has 0 radical (unpaired) electrons. The zero-order valence-corrected chi connectivity index (χ0v) is 18.7. The molecule has 32 heavy (non-hydrogen) atoms. The van der Waals surface area contributed by atoms with Crippen molar-refractivity contribution in [2.24, 2.45) is 0 Å². The first-order chi connectivity index (χ1) is 15.6. The zero-order valence-electron chi connectivity index (χ0n) is 17.8. The van der Waals surface area contributed by atoms with Crippen molar-refractivity contribution < 1.29 is 19.7 Å². The van der Waals surface area contributed by atoms with Crippen LogP contribution in [0.15, 0.2) is 90.3 Å². The van der Waals surface area contributed by atoms with Gasteiger partial charge in [0.05, 0.1) is 0 Å². The fraction of sp³-hybridized carbons (Fsp3) is 0.192. The lowest BCUT2D eigenvalue weighted by Crippen LogP contribution is -2.15. The molecule has 5 nitrogen and oxygen atoms in total. The van der Waals surface area contributed by atoms with Crippen LogP contribution in [0, 0.1) is 0 Å².